The van der Waals surface area contributed by atoms with Crippen LogP contribution in [0, 0.1) is 0 Å². The number of hydrogen-bond donors (Lipinski definition) is 1. The molecule has 2 aromatic carbocycles. The van der Waals surface area contributed by atoms with Crippen LogP contribution in [0.4, 0.5) is 0 Å². The minimum Gasteiger partial charge on any atom is -0.309 e. The van der Waals surface area contributed by atoms with E-state index >= 15 is 0 Å². The van der Waals surface area contributed by atoms with Gasteiger partial charge in [-0.1, -0.05) is 40.9 Å². The summed E-state index contributed by atoms with van der Waals surface area (Å²) in [6, 6.07) is 11.3. The second-order valence-electron chi connectivity index (χ2n) is 5.11. The van der Waals surface area contributed by atoms with Crippen molar-refractivity contribution in [3.05, 3.63) is 63.1 Å². The average Bonchev–Trinajstić information content (AvgIpc) is 2.47. The van der Waals surface area contributed by atoms with Gasteiger partial charge in [0.25, 0.3) is 0 Å². The highest BCUT2D eigenvalue weighted by Crippen LogP contribution is 2.26. The van der Waals surface area contributed by atoms with Crippen LogP contribution in [0.1, 0.15) is 18.5 Å². The van der Waals surface area contributed by atoms with Crippen LogP contribution in [-0.4, -0.2) is 20.7 Å². The number of hydrogen-bond acceptors (Lipinski definition) is 3. The normalized spacial score (nSPS) is 13.0. The fourth-order valence-corrected chi connectivity index (χ4v) is 4.00. The molecule has 0 spiro atoms. The van der Waals surface area contributed by atoms with Crippen LogP contribution in [-0.2, 0) is 9.84 Å². The van der Waals surface area contributed by atoms with E-state index < -0.39 is 9.84 Å². The molecule has 23 heavy (non-hydrogen) atoms. The minimum atomic E-state index is -3.35. The number of rotatable bonds is 6. The van der Waals surface area contributed by atoms with Gasteiger partial charge in [0.2, 0.25) is 0 Å². The molecule has 0 heterocycles. The Bertz CT molecular complexity index is 776. The first-order chi connectivity index (χ1) is 10.8. The van der Waals surface area contributed by atoms with Crippen molar-refractivity contribution >= 4 is 44.6 Å². The Hall–Kier alpha value is -0.780. The Labute approximate surface area is 151 Å². The highest BCUT2D eigenvalue weighted by Gasteiger charge is 2.15. The van der Waals surface area contributed by atoms with Crippen LogP contribution >= 0.6 is 34.8 Å². The van der Waals surface area contributed by atoms with E-state index in [4.69, 9.17) is 34.8 Å². The van der Waals surface area contributed by atoms with E-state index in [1.165, 1.54) is 12.1 Å². The molecule has 0 aliphatic heterocycles. The monoisotopic (exact) mass is 391 g/mol. The summed E-state index contributed by atoms with van der Waals surface area (Å²) < 4.78 is 24.5. The van der Waals surface area contributed by atoms with Crippen molar-refractivity contribution in [3.63, 3.8) is 0 Å². The smallest absolute Gasteiger partial charge is 0.179 e. The SMILES string of the molecule is C[C@@H](NCCS(=O)(=O)c1ccc(Cl)cc1)c1ccc(Cl)cc1Cl. The molecule has 124 valence electrons. The Morgan fingerprint density at radius 3 is 2.22 bits per heavy atom. The lowest BCUT2D eigenvalue weighted by Gasteiger charge is -2.16. The maximum atomic E-state index is 12.2. The van der Waals surface area contributed by atoms with Gasteiger partial charge >= 0.3 is 0 Å². The first-order valence-electron chi connectivity index (χ1n) is 6.96. The van der Waals surface area contributed by atoms with Gasteiger partial charge in [-0.05, 0) is 48.9 Å². The third-order valence-corrected chi connectivity index (χ3v) is 5.97. The average molecular weight is 393 g/mol. The second-order valence-corrected chi connectivity index (χ2v) is 8.50. The Morgan fingerprint density at radius 1 is 1.00 bits per heavy atom. The van der Waals surface area contributed by atoms with E-state index in [1.807, 2.05) is 13.0 Å². The lowest BCUT2D eigenvalue weighted by Crippen LogP contribution is -2.26. The molecule has 0 saturated heterocycles. The van der Waals surface area contributed by atoms with Gasteiger partial charge in [0.15, 0.2) is 9.84 Å². The van der Waals surface area contributed by atoms with Crippen LogP contribution in [0.5, 0.6) is 0 Å². The molecule has 2 rings (SSSR count). The highest BCUT2D eigenvalue weighted by molar-refractivity contribution is 7.91. The van der Waals surface area contributed by atoms with Crippen LogP contribution < -0.4 is 5.32 Å². The number of sulfone groups is 1. The zero-order valence-electron chi connectivity index (χ0n) is 12.4. The van der Waals surface area contributed by atoms with Crippen molar-refractivity contribution in [1.29, 1.82) is 0 Å². The molecule has 2 aromatic rings. The van der Waals surface area contributed by atoms with Crippen molar-refractivity contribution in [3.8, 4) is 0 Å². The van der Waals surface area contributed by atoms with Crippen molar-refractivity contribution in [1.82, 2.24) is 5.32 Å². The molecular formula is C16H16Cl3NO2S. The summed E-state index contributed by atoms with van der Waals surface area (Å²) in [6.45, 7) is 2.23. The molecule has 3 nitrogen and oxygen atoms in total. The molecule has 0 saturated carbocycles. The summed E-state index contributed by atoms with van der Waals surface area (Å²) >= 11 is 17.8. The molecule has 0 aromatic heterocycles. The van der Waals surface area contributed by atoms with Crippen molar-refractivity contribution in [2.45, 2.75) is 17.9 Å². The fraction of sp³-hybridized carbons (Fsp3) is 0.250. The predicted molar refractivity (Wildman–Crippen MR) is 96.4 cm³/mol. The van der Waals surface area contributed by atoms with Crippen LogP contribution in [0.25, 0.3) is 0 Å². The van der Waals surface area contributed by atoms with Gasteiger partial charge in [-0.15, -0.1) is 0 Å². The maximum Gasteiger partial charge on any atom is 0.179 e. The van der Waals surface area contributed by atoms with Gasteiger partial charge in [0.05, 0.1) is 10.6 Å². The first kappa shape index (κ1) is 18.6. The fourth-order valence-electron chi connectivity index (χ4n) is 2.13. The van der Waals surface area contributed by atoms with Crippen molar-refractivity contribution in [2.24, 2.45) is 0 Å². The third kappa shape index (κ3) is 5.10. The minimum absolute atomic E-state index is 0.00974. The zero-order valence-corrected chi connectivity index (χ0v) is 15.5. The van der Waals surface area contributed by atoms with E-state index in [0.29, 0.717) is 21.6 Å². The molecule has 7 heteroatoms. The lowest BCUT2D eigenvalue weighted by molar-refractivity contribution is 0.572. The quantitative estimate of drug-likeness (QED) is 0.770. The van der Waals surface area contributed by atoms with Gasteiger partial charge < -0.3 is 5.32 Å². The highest BCUT2D eigenvalue weighted by atomic mass is 35.5. The van der Waals surface area contributed by atoms with Crippen LogP contribution in [0.15, 0.2) is 47.4 Å². The molecule has 0 bridgehead atoms. The first-order valence-corrected chi connectivity index (χ1v) is 9.75. The Kier molecular flexibility index (Phi) is 6.34. The summed E-state index contributed by atoms with van der Waals surface area (Å²) in [5.74, 6) is -0.00974. The number of nitrogens with one attached hydrogen (secondary N) is 1. The second kappa shape index (κ2) is 7.86. The molecule has 0 aliphatic carbocycles. The van der Waals surface area contributed by atoms with Crippen molar-refractivity contribution < 1.29 is 8.42 Å². The van der Waals surface area contributed by atoms with Gasteiger partial charge in [0, 0.05) is 27.7 Å². The van der Waals surface area contributed by atoms with E-state index in [2.05, 4.69) is 5.32 Å². The van der Waals surface area contributed by atoms with Gasteiger partial charge in [-0.25, -0.2) is 8.42 Å². The van der Waals surface area contributed by atoms with Gasteiger partial charge in [0.1, 0.15) is 0 Å². The van der Waals surface area contributed by atoms with Gasteiger partial charge in [-0.2, -0.15) is 0 Å². The van der Waals surface area contributed by atoms with Crippen LogP contribution in [0.2, 0.25) is 15.1 Å². The summed E-state index contributed by atoms with van der Waals surface area (Å²) in [5, 5.41) is 4.79. The number of benzene rings is 2. The molecule has 0 amide bonds. The Morgan fingerprint density at radius 2 is 1.61 bits per heavy atom. The summed E-state index contributed by atoms with van der Waals surface area (Å²) in [7, 11) is -3.35. The summed E-state index contributed by atoms with van der Waals surface area (Å²) in [6.07, 6.45) is 0. The van der Waals surface area contributed by atoms with E-state index in [0.717, 1.165) is 5.56 Å². The molecular weight excluding hydrogens is 377 g/mol. The summed E-state index contributed by atoms with van der Waals surface area (Å²) in [5.41, 5.74) is 0.875. The molecule has 1 N–H and O–H groups in total. The largest absolute Gasteiger partial charge is 0.309 e. The van der Waals surface area contributed by atoms with Gasteiger partial charge in [-0.3, -0.25) is 0 Å². The third-order valence-electron chi connectivity index (χ3n) is 3.42. The molecule has 0 unspecified atom stereocenters. The van der Waals surface area contributed by atoms with E-state index in [1.54, 1.807) is 24.3 Å². The van der Waals surface area contributed by atoms with E-state index in [-0.39, 0.29) is 16.7 Å². The molecule has 0 fully saturated rings. The predicted octanol–water partition coefficient (Wildman–Crippen LogP) is 4.77. The lowest BCUT2D eigenvalue weighted by atomic mass is 10.1. The standard InChI is InChI=1S/C16H16Cl3NO2S/c1-11(15-7-4-13(18)10-16(15)19)20-8-9-23(21,22)14-5-2-12(17)3-6-14/h2-7,10-11,20H,8-9H2,1H3/t11-/m1/s1. The topological polar surface area (TPSA) is 46.2 Å². The van der Waals surface area contributed by atoms with Crippen molar-refractivity contribution in [2.75, 3.05) is 12.3 Å². The molecule has 1 atom stereocenters. The maximum absolute atomic E-state index is 12.2. The molecule has 0 aliphatic rings. The zero-order chi connectivity index (χ0) is 17.0. The van der Waals surface area contributed by atoms with E-state index in [9.17, 15) is 8.42 Å². The molecule has 0 radical (unpaired) electrons. The summed E-state index contributed by atoms with van der Waals surface area (Å²) in [4.78, 5) is 0.265. The van der Waals surface area contributed by atoms with Crippen LogP contribution in [0.3, 0.4) is 0 Å². The Balaban J connectivity index is 1.97. The number of halogens is 3.